The average molecular weight is 380 g/mol. The molecule has 0 aromatic carbocycles. The van der Waals surface area contributed by atoms with Crippen molar-refractivity contribution in [2.45, 2.75) is 11.9 Å². The highest BCUT2D eigenvalue weighted by atomic mass is 79.9. The summed E-state index contributed by atoms with van der Waals surface area (Å²) in [6, 6.07) is 1.99. The maximum Gasteiger partial charge on any atom is 0.169 e. The molecule has 2 rings (SSSR count). The second kappa shape index (κ2) is 6.64. The number of hydrogen-bond acceptors (Lipinski definition) is 6. The molecule has 2 heterocycles. The van der Waals surface area contributed by atoms with Crippen LogP contribution in [0.3, 0.4) is 0 Å². The Morgan fingerprint density at radius 2 is 2.35 bits per heavy atom. The molecule has 1 aliphatic rings. The van der Waals surface area contributed by atoms with Gasteiger partial charge in [-0.3, -0.25) is 0 Å². The summed E-state index contributed by atoms with van der Waals surface area (Å²) in [6.45, 7) is 1.36. The number of pyridine rings is 1. The zero-order valence-electron chi connectivity index (χ0n) is 11.5. The van der Waals surface area contributed by atoms with Crippen molar-refractivity contribution in [2.24, 2.45) is 0 Å². The molecule has 0 radical (unpaired) electrons. The Labute approximate surface area is 132 Å². The van der Waals surface area contributed by atoms with Crippen LogP contribution in [-0.2, 0) is 16.4 Å². The fourth-order valence-electron chi connectivity index (χ4n) is 2.23. The van der Waals surface area contributed by atoms with E-state index < -0.39 is 15.2 Å². The molecule has 1 aliphatic heterocycles. The molecule has 8 heteroatoms. The molecule has 0 saturated carbocycles. The summed E-state index contributed by atoms with van der Waals surface area (Å²) in [5.41, 5.74) is 1.00. The largest absolute Gasteiger partial charge is 0.338 e. The van der Waals surface area contributed by atoms with Crippen molar-refractivity contribution in [3.63, 3.8) is 0 Å². The first-order valence-corrected chi connectivity index (χ1v) is 10.2. The molecular weight excluding hydrogens is 362 g/mol. The van der Waals surface area contributed by atoms with Crippen molar-refractivity contribution < 1.29 is 8.42 Å². The molecule has 1 fully saturated rings. The highest BCUT2D eigenvalue weighted by Gasteiger charge is 2.32. The number of anilines is 1. The van der Waals surface area contributed by atoms with E-state index in [1.807, 2.05) is 18.0 Å². The van der Waals surface area contributed by atoms with Gasteiger partial charge < -0.3 is 10.2 Å². The van der Waals surface area contributed by atoms with Crippen LogP contribution in [0.25, 0.3) is 0 Å². The van der Waals surface area contributed by atoms with Crippen molar-refractivity contribution in [2.75, 3.05) is 36.3 Å². The lowest BCUT2D eigenvalue weighted by atomic mass is 10.2. The number of hydrogen-bond donors (Lipinski definition) is 1. The summed E-state index contributed by atoms with van der Waals surface area (Å²) in [4.78, 5) is 6.37. The number of aromatic nitrogens is 1. The molecule has 1 N–H and O–H groups in total. The van der Waals surface area contributed by atoms with Gasteiger partial charge in [0.25, 0.3) is 0 Å². The Balaban J connectivity index is 2.42. The minimum absolute atomic E-state index is 0.495. The summed E-state index contributed by atoms with van der Waals surface area (Å²) in [5, 5.41) is 2.61. The second-order valence-corrected chi connectivity index (χ2v) is 8.99. The van der Waals surface area contributed by atoms with E-state index in [1.165, 1.54) is 6.26 Å². The van der Waals surface area contributed by atoms with Gasteiger partial charge >= 0.3 is 0 Å². The molecule has 5 nitrogen and oxygen atoms in total. The molecule has 0 bridgehead atoms. The molecule has 20 heavy (non-hydrogen) atoms. The van der Waals surface area contributed by atoms with Crippen molar-refractivity contribution in [3.05, 3.63) is 22.3 Å². The van der Waals surface area contributed by atoms with Gasteiger partial charge in [-0.1, -0.05) is 0 Å². The zero-order valence-corrected chi connectivity index (χ0v) is 14.7. The topological polar surface area (TPSA) is 62.3 Å². The van der Waals surface area contributed by atoms with Gasteiger partial charge in [0.2, 0.25) is 0 Å². The highest BCUT2D eigenvalue weighted by Crippen LogP contribution is 2.29. The molecule has 0 amide bonds. The van der Waals surface area contributed by atoms with E-state index >= 15 is 0 Å². The minimum Gasteiger partial charge on any atom is -0.338 e. The molecule has 1 atom stereocenters. The zero-order chi connectivity index (χ0) is 14.8. The molecule has 1 unspecified atom stereocenters. The van der Waals surface area contributed by atoms with Crippen LogP contribution in [0.1, 0.15) is 5.56 Å². The van der Waals surface area contributed by atoms with Crippen molar-refractivity contribution in [1.82, 2.24) is 10.3 Å². The average Bonchev–Trinajstić information content (AvgIpc) is 2.38. The van der Waals surface area contributed by atoms with Crippen LogP contribution in [0.2, 0.25) is 0 Å². The third-order valence-electron chi connectivity index (χ3n) is 3.13. The Morgan fingerprint density at radius 3 is 3.00 bits per heavy atom. The molecular formula is C12H18BrN3O2S2. The highest BCUT2D eigenvalue weighted by molar-refractivity contribution is 9.10. The lowest BCUT2D eigenvalue weighted by Gasteiger charge is -2.36. The number of sulfone groups is 1. The first-order chi connectivity index (χ1) is 9.43. The first-order valence-electron chi connectivity index (χ1n) is 6.25. The number of thioether (sulfide) groups is 1. The summed E-state index contributed by atoms with van der Waals surface area (Å²) >= 11 is 5.09. The predicted molar refractivity (Wildman–Crippen MR) is 88.0 cm³/mol. The van der Waals surface area contributed by atoms with E-state index in [-0.39, 0.29) is 0 Å². The maximum atomic E-state index is 12.0. The lowest BCUT2D eigenvalue weighted by molar-refractivity contribution is 0.583. The molecule has 1 aromatic rings. The summed E-state index contributed by atoms with van der Waals surface area (Å²) in [6.07, 6.45) is 3.02. The standard InChI is InChI=1S/C12H18BrN3O2S2/c1-14-6-9-5-10(13)7-15-12(9)16-3-4-19-8-11(16)20(2,17)18/h5,7,11,14H,3-4,6,8H2,1-2H3. The molecule has 1 saturated heterocycles. The monoisotopic (exact) mass is 379 g/mol. The van der Waals surface area contributed by atoms with Crippen LogP contribution in [0.15, 0.2) is 16.7 Å². The van der Waals surface area contributed by atoms with E-state index in [1.54, 1.807) is 18.0 Å². The third kappa shape index (κ3) is 3.66. The fraction of sp³-hybridized carbons (Fsp3) is 0.583. The molecule has 0 aliphatic carbocycles. The minimum atomic E-state index is -3.13. The van der Waals surface area contributed by atoms with Gasteiger partial charge in [0.1, 0.15) is 11.2 Å². The van der Waals surface area contributed by atoms with Crippen molar-refractivity contribution in [1.29, 1.82) is 0 Å². The van der Waals surface area contributed by atoms with Crippen molar-refractivity contribution in [3.8, 4) is 0 Å². The lowest BCUT2D eigenvalue weighted by Crippen LogP contribution is -2.47. The van der Waals surface area contributed by atoms with Crippen LogP contribution in [0.4, 0.5) is 5.82 Å². The first kappa shape index (κ1) is 16.1. The number of nitrogens with zero attached hydrogens (tertiary/aromatic N) is 2. The normalized spacial score (nSPS) is 20.1. The van der Waals surface area contributed by atoms with Gasteiger partial charge in [-0.15, -0.1) is 0 Å². The van der Waals surface area contributed by atoms with E-state index in [0.29, 0.717) is 18.8 Å². The number of halogens is 1. The second-order valence-electron chi connectivity index (χ2n) is 4.72. The van der Waals surface area contributed by atoms with Crippen LogP contribution < -0.4 is 10.2 Å². The van der Waals surface area contributed by atoms with Gasteiger partial charge in [0, 0.05) is 47.1 Å². The van der Waals surface area contributed by atoms with Gasteiger partial charge in [0.05, 0.1) is 0 Å². The Hall–Kier alpha value is -0.310. The smallest absolute Gasteiger partial charge is 0.169 e. The Bertz CT molecular complexity index is 580. The van der Waals surface area contributed by atoms with E-state index in [9.17, 15) is 8.42 Å². The summed E-state index contributed by atoms with van der Waals surface area (Å²) < 4.78 is 24.9. The number of rotatable bonds is 4. The quantitative estimate of drug-likeness (QED) is 0.854. The van der Waals surface area contributed by atoms with Crippen molar-refractivity contribution >= 4 is 43.3 Å². The SMILES string of the molecule is CNCc1cc(Br)cnc1N1CCSCC1S(C)(=O)=O. The molecule has 112 valence electrons. The Morgan fingerprint density at radius 1 is 1.60 bits per heavy atom. The Kier molecular flexibility index (Phi) is 5.33. The van der Waals surface area contributed by atoms with Gasteiger partial charge in [-0.2, -0.15) is 11.8 Å². The molecule has 0 spiro atoms. The van der Waals surface area contributed by atoms with Gasteiger partial charge in [0.15, 0.2) is 9.84 Å². The van der Waals surface area contributed by atoms with E-state index in [2.05, 4.69) is 26.2 Å². The fourth-order valence-corrected chi connectivity index (χ4v) is 5.43. The van der Waals surface area contributed by atoms with Crippen LogP contribution in [-0.4, -0.2) is 50.1 Å². The van der Waals surface area contributed by atoms with E-state index in [0.717, 1.165) is 21.6 Å². The summed E-state index contributed by atoms with van der Waals surface area (Å²) in [5.74, 6) is 2.27. The van der Waals surface area contributed by atoms with Crippen LogP contribution in [0.5, 0.6) is 0 Å². The maximum absolute atomic E-state index is 12.0. The predicted octanol–water partition coefficient (Wildman–Crippen LogP) is 1.49. The van der Waals surface area contributed by atoms with Gasteiger partial charge in [-0.25, -0.2) is 13.4 Å². The third-order valence-corrected chi connectivity index (χ3v) is 6.20. The van der Waals surface area contributed by atoms with Crippen LogP contribution >= 0.6 is 27.7 Å². The molecule has 1 aromatic heterocycles. The number of nitrogens with one attached hydrogen (secondary N) is 1. The van der Waals surface area contributed by atoms with E-state index in [4.69, 9.17) is 0 Å². The van der Waals surface area contributed by atoms with Crippen LogP contribution in [0, 0.1) is 0 Å². The van der Waals surface area contributed by atoms with Gasteiger partial charge in [-0.05, 0) is 29.0 Å². The summed E-state index contributed by atoms with van der Waals surface area (Å²) in [7, 11) is -1.27.